The molecule has 15 heteroatoms. The molecule has 50 heavy (non-hydrogen) atoms. The molecular weight excluding hydrogens is 668 g/mol. The van der Waals surface area contributed by atoms with Crippen molar-refractivity contribution in [1.82, 2.24) is 25.8 Å². The zero-order valence-electron chi connectivity index (χ0n) is 30.3. The molecular formula is C35H55ClN6O8. The van der Waals surface area contributed by atoms with E-state index in [0.29, 0.717) is 11.4 Å². The number of rotatable bonds is 13. The molecule has 6 N–H and O–H groups in total. The zero-order chi connectivity index (χ0) is 37.4. The lowest BCUT2D eigenvalue weighted by Gasteiger charge is -2.37. The fourth-order valence-corrected chi connectivity index (χ4v) is 6.53. The summed E-state index contributed by atoms with van der Waals surface area (Å²) in [6.07, 6.45) is 3.54. The molecule has 1 saturated heterocycles. The molecule has 1 saturated carbocycles. The van der Waals surface area contributed by atoms with Gasteiger partial charge in [-0.1, -0.05) is 65.0 Å². The third kappa shape index (κ3) is 11.7. The summed E-state index contributed by atoms with van der Waals surface area (Å²) in [4.78, 5) is 72.7. The first kappa shape index (κ1) is 40.8. The third-order valence-corrected chi connectivity index (χ3v) is 9.14. The SMILES string of the molecule is CCC[C@H](NC(=O)[C@@H]1C[C@@H](Oc2ccc(Cl)cn2)CN1C(=O)[C@@H](NC(=O)[C@@H](NC(=O)OC(C)(C)C)C1CCCCC1)C(C)(C)C)C(O)C(N)=O. The summed E-state index contributed by atoms with van der Waals surface area (Å²) in [6, 6.07) is -0.956. The van der Waals surface area contributed by atoms with Crippen LogP contribution in [0.4, 0.5) is 4.79 Å². The highest BCUT2D eigenvalue weighted by atomic mass is 35.5. The van der Waals surface area contributed by atoms with Gasteiger partial charge in [-0.2, -0.15) is 0 Å². The summed E-state index contributed by atoms with van der Waals surface area (Å²) in [7, 11) is 0. The summed E-state index contributed by atoms with van der Waals surface area (Å²) in [5.74, 6) is -2.58. The molecule has 1 unspecified atom stereocenters. The Labute approximate surface area is 299 Å². The van der Waals surface area contributed by atoms with E-state index in [1.807, 2.05) is 6.92 Å². The molecule has 0 bridgehead atoms. The van der Waals surface area contributed by atoms with Crippen molar-refractivity contribution in [2.24, 2.45) is 17.1 Å². The van der Waals surface area contributed by atoms with Crippen molar-refractivity contribution in [2.75, 3.05) is 6.54 Å². The number of hydrogen-bond donors (Lipinski definition) is 5. The van der Waals surface area contributed by atoms with Crippen molar-refractivity contribution < 1.29 is 38.6 Å². The number of nitrogens with zero attached hydrogens (tertiary/aromatic N) is 2. The van der Waals surface area contributed by atoms with Gasteiger partial charge in [0.05, 0.1) is 17.6 Å². The number of hydrogen-bond acceptors (Lipinski definition) is 9. The lowest BCUT2D eigenvalue weighted by Crippen LogP contribution is -2.62. The summed E-state index contributed by atoms with van der Waals surface area (Å²) in [5, 5.41) is 19.2. The average molecular weight is 723 g/mol. The van der Waals surface area contributed by atoms with Crippen molar-refractivity contribution in [3.63, 3.8) is 0 Å². The summed E-state index contributed by atoms with van der Waals surface area (Å²) in [6.45, 7) is 12.4. The summed E-state index contributed by atoms with van der Waals surface area (Å²) < 4.78 is 11.5. The number of halogens is 1. The molecule has 1 aromatic rings. The summed E-state index contributed by atoms with van der Waals surface area (Å²) in [5.41, 5.74) is 3.73. The van der Waals surface area contributed by atoms with E-state index in [2.05, 4.69) is 20.9 Å². The number of primary amides is 1. The third-order valence-electron chi connectivity index (χ3n) is 8.91. The second-order valence-electron chi connectivity index (χ2n) is 15.4. The van der Waals surface area contributed by atoms with Gasteiger partial charge in [0.25, 0.3) is 0 Å². The number of aromatic nitrogens is 1. The average Bonchev–Trinajstić information content (AvgIpc) is 3.45. The maximum Gasteiger partial charge on any atom is 0.408 e. The number of aliphatic hydroxyl groups excluding tert-OH is 1. The van der Waals surface area contributed by atoms with Crippen molar-refractivity contribution in [1.29, 1.82) is 0 Å². The smallest absolute Gasteiger partial charge is 0.408 e. The van der Waals surface area contributed by atoms with E-state index in [-0.39, 0.29) is 31.2 Å². The number of carbonyl (C=O) groups is 5. The van der Waals surface area contributed by atoms with Gasteiger partial charge in [0, 0.05) is 18.7 Å². The van der Waals surface area contributed by atoms with Crippen LogP contribution in [0.3, 0.4) is 0 Å². The number of nitrogens with one attached hydrogen (secondary N) is 3. The minimum absolute atomic E-state index is 0.0251. The molecule has 2 aliphatic rings. The molecule has 0 spiro atoms. The van der Waals surface area contributed by atoms with Crippen LogP contribution < -0.4 is 26.4 Å². The van der Waals surface area contributed by atoms with Gasteiger partial charge >= 0.3 is 6.09 Å². The first-order valence-corrected chi connectivity index (χ1v) is 17.8. The Morgan fingerprint density at radius 3 is 2.24 bits per heavy atom. The number of likely N-dealkylation sites (tertiary alicyclic amines) is 1. The quantitative estimate of drug-likeness (QED) is 0.203. The van der Waals surface area contributed by atoms with Crippen LogP contribution in [0.1, 0.15) is 99.8 Å². The van der Waals surface area contributed by atoms with E-state index < -0.39 is 77.1 Å². The number of amides is 5. The molecule has 1 aliphatic carbocycles. The van der Waals surface area contributed by atoms with Crippen LogP contribution in [-0.2, 0) is 23.9 Å². The van der Waals surface area contributed by atoms with Crippen LogP contribution in [0.25, 0.3) is 0 Å². The number of ether oxygens (including phenoxy) is 2. The topological polar surface area (TPSA) is 202 Å². The van der Waals surface area contributed by atoms with Crippen molar-refractivity contribution in [3.8, 4) is 5.88 Å². The van der Waals surface area contributed by atoms with E-state index in [1.54, 1.807) is 53.7 Å². The van der Waals surface area contributed by atoms with Crippen LogP contribution in [0.5, 0.6) is 5.88 Å². The van der Waals surface area contributed by atoms with Gasteiger partial charge in [0.2, 0.25) is 29.5 Å². The first-order valence-electron chi connectivity index (χ1n) is 17.5. The largest absolute Gasteiger partial charge is 0.472 e. The van der Waals surface area contributed by atoms with Gasteiger partial charge < -0.3 is 41.2 Å². The van der Waals surface area contributed by atoms with E-state index in [1.165, 1.54) is 11.1 Å². The molecule has 1 aliphatic heterocycles. The number of aliphatic hydroxyl groups is 1. The standard InChI is InChI=1S/C35H55ClN6O8/c1-8-12-23(27(43)29(37)44)39-30(45)24-17-22(49-25-16-15-21(36)18-38-25)19-42(24)32(47)28(34(2,3)4)41-31(46)26(20-13-10-9-11-14-20)40-33(48)50-35(5,6)7/h15-16,18,20,22-24,26-28,43H,8-14,17,19H2,1-7H3,(H2,37,44)(H,39,45)(H,40,48)(H,41,46)/t22-,23+,24+,26+,27?,28-/m1/s1. The highest BCUT2D eigenvalue weighted by molar-refractivity contribution is 6.30. The maximum atomic E-state index is 14.6. The summed E-state index contributed by atoms with van der Waals surface area (Å²) >= 11 is 5.98. The Morgan fingerprint density at radius 1 is 1.04 bits per heavy atom. The fourth-order valence-electron chi connectivity index (χ4n) is 6.42. The van der Waals surface area contributed by atoms with Gasteiger partial charge in [0.1, 0.15) is 29.8 Å². The number of alkyl carbamates (subject to hydrolysis) is 1. The van der Waals surface area contributed by atoms with Crippen LogP contribution in [0.15, 0.2) is 18.3 Å². The predicted octanol–water partition coefficient (Wildman–Crippen LogP) is 3.22. The minimum atomic E-state index is -1.63. The lowest BCUT2D eigenvalue weighted by molar-refractivity contribution is -0.145. The van der Waals surface area contributed by atoms with Crippen molar-refractivity contribution >= 4 is 41.3 Å². The van der Waals surface area contributed by atoms with Gasteiger partial charge in [-0.15, -0.1) is 0 Å². The highest BCUT2D eigenvalue weighted by Crippen LogP contribution is 2.30. The second kappa shape index (κ2) is 17.5. The Kier molecular flexibility index (Phi) is 14.3. The first-order chi connectivity index (χ1) is 23.3. The van der Waals surface area contributed by atoms with Gasteiger partial charge in [0.15, 0.2) is 6.10 Å². The molecule has 6 atom stereocenters. The predicted molar refractivity (Wildman–Crippen MR) is 187 cm³/mol. The Bertz CT molecular complexity index is 1340. The van der Waals surface area contributed by atoms with Crippen LogP contribution in [-0.4, -0.2) is 93.2 Å². The number of carbonyl (C=O) groups excluding carboxylic acids is 5. The van der Waals surface area contributed by atoms with Gasteiger partial charge in [-0.05, 0) is 57.4 Å². The second-order valence-corrected chi connectivity index (χ2v) is 15.8. The molecule has 5 amide bonds. The number of nitrogens with two attached hydrogens (primary N) is 1. The van der Waals surface area contributed by atoms with Crippen molar-refractivity contribution in [2.45, 2.75) is 142 Å². The zero-order valence-corrected chi connectivity index (χ0v) is 31.0. The van der Waals surface area contributed by atoms with E-state index in [4.69, 9.17) is 26.8 Å². The van der Waals surface area contributed by atoms with Crippen LogP contribution in [0, 0.1) is 11.3 Å². The molecule has 3 rings (SSSR count). The van der Waals surface area contributed by atoms with E-state index in [0.717, 1.165) is 32.1 Å². The Morgan fingerprint density at radius 2 is 1.70 bits per heavy atom. The minimum Gasteiger partial charge on any atom is -0.472 e. The van der Waals surface area contributed by atoms with Gasteiger partial charge in [-0.3, -0.25) is 19.2 Å². The Hall–Kier alpha value is -3.65. The monoisotopic (exact) mass is 722 g/mol. The van der Waals surface area contributed by atoms with E-state index >= 15 is 0 Å². The van der Waals surface area contributed by atoms with Crippen LogP contribution in [0.2, 0.25) is 5.02 Å². The Balaban J connectivity index is 1.93. The molecule has 0 radical (unpaired) electrons. The van der Waals surface area contributed by atoms with Gasteiger partial charge in [-0.25, -0.2) is 9.78 Å². The molecule has 14 nitrogen and oxygen atoms in total. The molecule has 1 aromatic heterocycles. The van der Waals surface area contributed by atoms with Crippen LogP contribution >= 0.6 is 11.6 Å². The normalized spacial score (nSPS) is 20.9. The fraction of sp³-hybridized carbons (Fsp3) is 0.714. The molecule has 280 valence electrons. The lowest BCUT2D eigenvalue weighted by atomic mass is 9.82. The number of pyridine rings is 1. The van der Waals surface area contributed by atoms with E-state index in [9.17, 15) is 29.1 Å². The molecule has 0 aromatic carbocycles. The maximum absolute atomic E-state index is 14.6. The van der Waals surface area contributed by atoms with Crippen molar-refractivity contribution in [3.05, 3.63) is 23.4 Å². The highest BCUT2D eigenvalue weighted by Gasteiger charge is 2.47. The molecule has 2 fully saturated rings. The molecule has 2 heterocycles.